The Labute approximate surface area is 63.6 Å². The molecule has 0 saturated heterocycles. The van der Waals surface area contributed by atoms with Gasteiger partial charge >= 0.3 is 0 Å². The van der Waals surface area contributed by atoms with Gasteiger partial charge in [0.2, 0.25) is 0 Å². The normalized spacial score (nSPS) is 17.7. The topological polar surface area (TPSA) is 0 Å². The largest absolute Gasteiger partial charge is 0.0764 e. The molecule has 0 aliphatic heterocycles. The van der Waals surface area contributed by atoms with Crippen molar-refractivity contribution >= 4 is 0 Å². The van der Waals surface area contributed by atoms with Gasteiger partial charge in [0.25, 0.3) is 0 Å². The summed E-state index contributed by atoms with van der Waals surface area (Å²) in [5.74, 6) is 0. The van der Waals surface area contributed by atoms with Crippen molar-refractivity contribution in [2.45, 2.75) is 27.2 Å². The highest BCUT2D eigenvalue weighted by molar-refractivity contribution is 5.34. The predicted octanol–water partition coefficient (Wildman–Crippen LogP) is 3.12. The summed E-state index contributed by atoms with van der Waals surface area (Å²) in [7, 11) is 0. The van der Waals surface area contributed by atoms with Crippen LogP contribution in [0.15, 0.2) is 23.8 Å². The average Bonchev–Trinajstić information content (AvgIpc) is 2.12. The van der Waals surface area contributed by atoms with E-state index in [0.717, 1.165) is 0 Å². The third kappa shape index (κ3) is 2.38. The van der Waals surface area contributed by atoms with E-state index in [0.29, 0.717) is 5.41 Å². The maximum absolute atomic E-state index is 2.26. The van der Waals surface area contributed by atoms with E-state index in [1.807, 2.05) is 0 Å². The molecule has 0 spiro atoms. The third-order valence-corrected chi connectivity index (χ3v) is 1.47. The van der Waals surface area contributed by atoms with Crippen LogP contribution in [0.2, 0.25) is 0 Å². The number of rotatable bonds is 1. The van der Waals surface area contributed by atoms with E-state index >= 15 is 0 Å². The van der Waals surface area contributed by atoms with E-state index in [-0.39, 0.29) is 0 Å². The molecule has 0 nitrogen and oxygen atoms in total. The second-order valence-electron chi connectivity index (χ2n) is 4.03. The van der Waals surface area contributed by atoms with Gasteiger partial charge in [0, 0.05) is 6.42 Å². The fraction of sp³-hybridized carbons (Fsp3) is 0.500. The first-order valence-corrected chi connectivity index (χ1v) is 3.78. The van der Waals surface area contributed by atoms with E-state index in [1.54, 1.807) is 0 Å². The molecular weight excluding hydrogens is 120 g/mol. The molecular formula is C10H15. The maximum Gasteiger partial charge on any atom is 0.00535 e. The summed E-state index contributed by atoms with van der Waals surface area (Å²) in [5.41, 5.74) is 1.88. The van der Waals surface area contributed by atoms with Crippen molar-refractivity contribution in [3.63, 3.8) is 0 Å². The van der Waals surface area contributed by atoms with Gasteiger partial charge in [0.15, 0.2) is 0 Å². The molecule has 0 saturated carbocycles. The van der Waals surface area contributed by atoms with Gasteiger partial charge < -0.3 is 0 Å². The summed E-state index contributed by atoms with van der Waals surface area (Å²) in [6.45, 7) is 6.79. The average molecular weight is 135 g/mol. The third-order valence-electron chi connectivity index (χ3n) is 1.47. The van der Waals surface area contributed by atoms with E-state index in [2.05, 4.69) is 45.4 Å². The van der Waals surface area contributed by atoms with Gasteiger partial charge in [-0.25, -0.2) is 0 Å². The Balaban J connectivity index is 2.46. The van der Waals surface area contributed by atoms with E-state index in [1.165, 1.54) is 12.0 Å². The summed E-state index contributed by atoms with van der Waals surface area (Å²) in [4.78, 5) is 0. The van der Waals surface area contributed by atoms with Crippen molar-refractivity contribution in [1.82, 2.24) is 0 Å². The second kappa shape index (κ2) is 2.61. The summed E-state index contributed by atoms with van der Waals surface area (Å²) in [6.07, 6.45) is 9.75. The van der Waals surface area contributed by atoms with Crippen molar-refractivity contribution in [1.29, 1.82) is 0 Å². The van der Waals surface area contributed by atoms with Crippen molar-refractivity contribution < 1.29 is 0 Å². The van der Waals surface area contributed by atoms with Crippen LogP contribution in [0.1, 0.15) is 27.2 Å². The Morgan fingerprint density at radius 2 is 2.00 bits per heavy atom. The lowest BCUT2D eigenvalue weighted by molar-refractivity contribution is 0.413. The molecule has 1 rings (SSSR count). The van der Waals surface area contributed by atoms with Gasteiger partial charge in [-0.3, -0.25) is 0 Å². The SMILES string of the molecule is CC(C)(C)CC1=C[CH]C=C1. The van der Waals surface area contributed by atoms with E-state index in [4.69, 9.17) is 0 Å². The molecule has 1 aliphatic rings. The Hall–Kier alpha value is -0.520. The predicted molar refractivity (Wildman–Crippen MR) is 45.6 cm³/mol. The standard InChI is InChI=1S/C10H15/c1-10(2,3)8-9-6-4-5-7-9/h4-7H,8H2,1-3H3. The van der Waals surface area contributed by atoms with Crippen molar-refractivity contribution in [3.8, 4) is 0 Å². The lowest BCUT2D eigenvalue weighted by atomic mass is 9.88. The fourth-order valence-electron chi connectivity index (χ4n) is 1.14. The van der Waals surface area contributed by atoms with Crippen LogP contribution >= 0.6 is 0 Å². The molecule has 0 atom stereocenters. The smallest absolute Gasteiger partial charge is 0.00535 e. The highest BCUT2D eigenvalue weighted by atomic mass is 14.2. The summed E-state index contributed by atoms with van der Waals surface area (Å²) in [6, 6.07) is 0. The molecule has 0 amide bonds. The first kappa shape index (κ1) is 7.59. The van der Waals surface area contributed by atoms with Gasteiger partial charge in [0.1, 0.15) is 0 Å². The Morgan fingerprint density at radius 3 is 2.40 bits per heavy atom. The zero-order valence-corrected chi connectivity index (χ0v) is 7.02. The van der Waals surface area contributed by atoms with Gasteiger partial charge in [-0.2, -0.15) is 0 Å². The van der Waals surface area contributed by atoms with Crippen molar-refractivity contribution in [3.05, 3.63) is 30.2 Å². The highest BCUT2D eigenvalue weighted by Crippen LogP contribution is 2.26. The van der Waals surface area contributed by atoms with Crippen molar-refractivity contribution in [2.75, 3.05) is 0 Å². The molecule has 55 valence electrons. The van der Waals surface area contributed by atoms with Gasteiger partial charge in [-0.15, -0.1) is 0 Å². The number of hydrogen-bond acceptors (Lipinski definition) is 0. The number of hydrogen-bond donors (Lipinski definition) is 0. The molecule has 0 fully saturated rings. The quantitative estimate of drug-likeness (QED) is 0.518. The van der Waals surface area contributed by atoms with Crippen LogP contribution < -0.4 is 0 Å². The Kier molecular flexibility index (Phi) is 1.98. The summed E-state index contributed by atoms with van der Waals surface area (Å²) < 4.78 is 0. The van der Waals surface area contributed by atoms with Crippen LogP contribution in [-0.4, -0.2) is 0 Å². The van der Waals surface area contributed by atoms with Gasteiger partial charge in [-0.05, 0) is 11.8 Å². The fourth-order valence-corrected chi connectivity index (χ4v) is 1.14. The first-order valence-electron chi connectivity index (χ1n) is 3.78. The molecule has 0 heterocycles. The minimum absolute atomic E-state index is 0.425. The first-order chi connectivity index (χ1) is 4.58. The molecule has 0 aromatic carbocycles. The molecule has 1 radical (unpaired) electrons. The minimum Gasteiger partial charge on any atom is -0.0764 e. The van der Waals surface area contributed by atoms with Gasteiger partial charge in [0.05, 0.1) is 0 Å². The molecule has 0 bridgehead atoms. The van der Waals surface area contributed by atoms with Crippen molar-refractivity contribution in [2.24, 2.45) is 5.41 Å². The van der Waals surface area contributed by atoms with Crippen LogP contribution in [0.3, 0.4) is 0 Å². The van der Waals surface area contributed by atoms with Crippen LogP contribution in [0.4, 0.5) is 0 Å². The van der Waals surface area contributed by atoms with Crippen LogP contribution in [0.25, 0.3) is 0 Å². The summed E-state index contributed by atoms with van der Waals surface area (Å²) in [5, 5.41) is 0. The molecule has 1 aliphatic carbocycles. The van der Waals surface area contributed by atoms with E-state index in [9.17, 15) is 0 Å². The monoisotopic (exact) mass is 135 g/mol. The molecule has 0 aromatic rings. The van der Waals surface area contributed by atoms with Crippen LogP contribution in [0, 0.1) is 11.8 Å². The van der Waals surface area contributed by atoms with Crippen LogP contribution in [0.5, 0.6) is 0 Å². The number of allylic oxidation sites excluding steroid dienone is 4. The molecule has 0 heteroatoms. The zero-order valence-electron chi connectivity index (χ0n) is 7.02. The minimum atomic E-state index is 0.425. The van der Waals surface area contributed by atoms with E-state index < -0.39 is 0 Å². The van der Waals surface area contributed by atoms with Crippen LogP contribution in [-0.2, 0) is 0 Å². The molecule has 0 N–H and O–H groups in total. The second-order valence-corrected chi connectivity index (χ2v) is 4.03. The lowest BCUT2D eigenvalue weighted by Crippen LogP contribution is -2.04. The molecule has 0 aromatic heterocycles. The Bertz CT molecular complexity index is 165. The van der Waals surface area contributed by atoms with Gasteiger partial charge in [-0.1, -0.05) is 44.6 Å². The maximum atomic E-state index is 2.26. The lowest BCUT2D eigenvalue weighted by Gasteiger charge is -2.17. The summed E-state index contributed by atoms with van der Waals surface area (Å²) >= 11 is 0. The highest BCUT2D eigenvalue weighted by Gasteiger charge is 2.12. The zero-order chi connectivity index (χ0) is 7.61. The molecule has 10 heavy (non-hydrogen) atoms. The molecule has 0 unspecified atom stereocenters. The Morgan fingerprint density at radius 1 is 1.30 bits per heavy atom.